The lowest BCUT2D eigenvalue weighted by atomic mass is 10.3. The Morgan fingerprint density at radius 3 is 2.62 bits per heavy atom. The summed E-state index contributed by atoms with van der Waals surface area (Å²) >= 11 is 9.12. The summed E-state index contributed by atoms with van der Waals surface area (Å²) in [6.07, 6.45) is 0. The lowest BCUT2D eigenvalue weighted by Gasteiger charge is -2.09. The molecular weight excluding hydrogens is 378 g/mol. The SMILES string of the molecule is O=S(=O)(NCCOc1cccc(Br)c1)c1cccc(Cl)c1. The first-order chi connectivity index (χ1) is 9.97. The first-order valence-electron chi connectivity index (χ1n) is 6.11. The molecule has 0 aliphatic carbocycles. The van der Waals surface area contributed by atoms with Crippen molar-refractivity contribution in [3.63, 3.8) is 0 Å². The van der Waals surface area contributed by atoms with E-state index in [0.29, 0.717) is 10.8 Å². The minimum Gasteiger partial charge on any atom is -0.492 e. The highest BCUT2D eigenvalue weighted by Crippen LogP contribution is 2.18. The van der Waals surface area contributed by atoms with Gasteiger partial charge < -0.3 is 4.74 Å². The van der Waals surface area contributed by atoms with Crippen LogP contribution in [-0.2, 0) is 10.0 Å². The van der Waals surface area contributed by atoms with Crippen molar-refractivity contribution in [1.29, 1.82) is 0 Å². The van der Waals surface area contributed by atoms with Gasteiger partial charge in [0.15, 0.2) is 0 Å². The Morgan fingerprint density at radius 1 is 1.14 bits per heavy atom. The molecule has 0 unspecified atom stereocenters. The Labute approximate surface area is 137 Å². The molecule has 0 bridgehead atoms. The Hall–Kier alpha value is -1.08. The smallest absolute Gasteiger partial charge is 0.240 e. The van der Waals surface area contributed by atoms with E-state index >= 15 is 0 Å². The molecule has 112 valence electrons. The molecule has 0 radical (unpaired) electrons. The van der Waals surface area contributed by atoms with Gasteiger partial charge in [0.25, 0.3) is 0 Å². The maximum absolute atomic E-state index is 12.0. The lowest BCUT2D eigenvalue weighted by Crippen LogP contribution is -2.28. The molecule has 0 amide bonds. The number of halogens is 2. The third-order valence-electron chi connectivity index (χ3n) is 2.57. The van der Waals surface area contributed by atoms with Crippen molar-refractivity contribution in [2.75, 3.05) is 13.2 Å². The highest BCUT2D eigenvalue weighted by Gasteiger charge is 2.13. The zero-order valence-corrected chi connectivity index (χ0v) is 14.1. The fraction of sp³-hybridized carbons (Fsp3) is 0.143. The Morgan fingerprint density at radius 2 is 1.90 bits per heavy atom. The molecule has 7 heteroatoms. The van der Waals surface area contributed by atoms with Crippen molar-refractivity contribution in [2.45, 2.75) is 4.90 Å². The first-order valence-corrected chi connectivity index (χ1v) is 8.76. The van der Waals surface area contributed by atoms with Crippen LogP contribution in [-0.4, -0.2) is 21.6 Å². The number of rotatable bonds is 6. The summed E-state index contributed by atoms with van der Waals surface area (Å²) in [6.45, 7) is 0.400. The minimum absolute atomic E-state index is 0.137. The molecule has 2 rings (SSSR count). The summed E-state index contributed by atoms with van der Waals surface area (Å²) < 4.78 is 32.9. The molecule has 21 heavy (non-hydrogen) atoms. The van der Waals surface area contributed by atoms with Gasteiger partial charge in [-0.1, -0.05) is 39.7 Å². The molecule has 1 N–H and O–H groups in total. The number of nitrogens with one attached hydrogen (secondary N) is 1. The standard InChI is InChI=1S/C14H13BrClNO3S/c15-11-3-1-5-13(9-11)20-8-7-17-21(18,19)14-6-2-4-12(16)10-14/h1-6,9-10,17H,7-8H2. The van der Waals surface area contributed by atoms with Crippen LogP contribution in [0.1, 0.15) is 0 Å². The molecule has 0 aliphatic heterocycles. The molecule has 0 heterocycles. The average Bonchev–Trinajstić information content (AvgIpc) is 2.44. The Balaban J connectivity index is 1.88. The van der Waals surface area contributed by atoms with Crippen molar-refractivity contribution in [3.05, 3.63) is 58.0 Å². The third-order valence-corrected chi connectivity index (χ3v) is 4.75. The predicted molar refractivity (Wildman–Crippen MR) is 86.3 cm³/mol. The second kappa shape index (κ2) is 7.26. The molecule has 0 aromatic heterocycles. The maximum atomic E-state index is 12.0. The number of hydrogen-bond donors (Lipinski definition) is 1. The van der Waals surface area contributed by atoms with Gasteiger partial charge in [-0.2, -0.15) is 0 Å². The normalized spacial score (nSPS) is 11.3. The molecule has 0 saturated heterocycles. The third kappa shape index (κ3) is 5.00. The average molecular weight is 391 g/mol. The minimum atomic E-state index is -3.57. The largest absolute Gasteiger partial charge is 0.492 e. The molecule has 0 fully saturated rings. The number of ether oxygens (including phenoxy) is 1. The van der Waals surface area contributed by atoms with E-state index in [2.05, 4.69) is 20.7 Å². The fourth-order valence-corrected chi connectivity index (χ4v) is 3.31. The summed E-state index contributed by atoms with van der Waals surface area (Å²) in [7, 11) is -3.57. The molecule has 0 atom stereocenters. The van der Waals surface area contributed by atoms with Crippen LogP contribution >= 0.6 is 27.5 Å². The molecule has 0 spiro atoms. The number of hydrogen-bond acceptors (Lipinski definition) is 3. The lowest BCUT2D eigenvalue weighted by molar-refractivity contribution is 0.322. The van der Waals surface area contributed by atoms with Gasteiger partial charge in [0, 0.05) is 16.0 Å². The summed E-state index contributed by atoms with van der Waals surface area (Å²) in [6, 6.07) is 13.4. The monoisotopic (exact) mass is 389 g/mol. The van der Waals surface area contributed by atoms with Crippen LogP contribution in [0.2, 0.25) is 5.02 Å². The van der Waals surface area contributed by atoms with Crippen molar-refractivity contribution in [2.24, 2.45) is 0 Å². The van der Waals surface area contributed by atoms with E-state index in [1.807, 2.05) is 18.2 Å². The van der Waals surface area contributed by atoms with Gasteiger partial charge in [-0.25, -0.2) is 13.1 Å². The predicted octanol–water partition coefficient (Wildman–Crippen LogP) is 3.46. The fourth-order valence-electron chi connectivity index (χ4n) is 1.62. The van der Waals surface area contributed by atoms with Gasteiger partial charge in [0.2, 0.25) is 10.0 Å². The van der Waals surface area contributed by atoms with Crippen LogP contribution in [0.4, 0.5) is 0 Å². The molecule has 0 saturated carbocycles. The second-order valence-electron chi connectivity index (χ2n) is 4.16. The van der Waals surface area contributed by atoms with Crippen LogP contribution in [0.15, 0.2) is 57.9 Å². The topological polar surface area (TPSA) is 55.4 Å². The van der Waals surface area contributed by atoms with Gasteiger partial charge in [-0.3, -0.25) is 0 Å². The Bertz CT molecular complexity index is 722. The van der Waals surface area contributed by atoms with Crippen molar-refractivity contribution >= 4 is 37.6 Å². The van der Waals surface area contributed by atoms with Crippen molar-refractivity contribution in [1.82, 2.24) is 4.72 Å². The summed E-state index contributed by atoms with van der Waals surface area (Å²) in [5.74, 6) is 0.673. The zero-order valence-electron chi connectivity index (χ0n) is 10.9. The Kier molecular flexibility index (Phi) is 5.64. The van der Waals surface area contributed by atoms with Crippen LogP contribution in [0.5, 0.6) is 5.75 Å². The highest BCUT2D eigenvalue weighted by atomic mass is 79.9. The first kappa shape index (κ1) is 16.3. The van der Waals surface area contributed by atoms with Crippen LogP contribution < -0.4 is 9.46 Å². The van der Waals surface area contributed by atoms with Crippen LogP contribution in [0.25, 0.3) is 0 Å². The quantitative estimate of drug-likeness (QED) is 0.769. The second-order valence-corrected chi connectivity index (χ2v) is 7.28. The van der Waals surface area contributed by atoms with Gasteiger partial charge in [0.1, 0.15) is 12.4 Å². The van der Waals surface area contributed by atoms with E-state index in [4.69, 9.17) is 16.3 Å². The zero-order chi connectivity index (χ0) is 15.3. The van der Waals surface area contributed by atoms with Gasteiger partial charge in [-0.15, -0.1) is 0 Å². The van der Waals surface area contributed by atoms with E-state index in [1.54, 1.807) is 18.2 Å². The van der Waals surface area contributed by atoms with Gasteiger partial charge in [-0.05, 0) is 36.4 Å². The molecule has 4 nitrogen and oxygen atoms in total. The van der Waals surface area contributed by atoms with E-state index in [1.165, 1.54) is 12.1 Å². The number of benzene rings is 2. The van der Waals surface area contributed by atoms with E-state index < -0.39 is 10.0 Å². The molecule has 2 aromatic carbocycles. The van der Waals surface area contributed by atoms with Gasteiger partial charge in [0.05, 0.1) is 4.90 Å². The van der Waals surface area contributed by atoms with Crippen LogP contribution in [0, 0.1) is 0 Å². The molecule has 0 aliphatic rings. The molecule has 2 aromatic rings. The summed E-state index contributed by atoms with van der Waals surface area (Å²) in [5.41, 5.74) is 0. The summed E-state index contributed by atoms with van der Waals surface area (Å²) in [4.78, 5) is 0.137. The summed E-state index contributed by atoms with van der Waals surface area (Å²) in [5, 5.41) is 0.378. The number of sulfonamides is 1. The van der Waals surface area contributed by atoms with E-state index in [0.717, 1.165) is 4.47 Å². The van der Waals surface area contributed by atoms with Crippen LogP contribution in [0.3, 0.4) is 0 Å². The van der Waals surface area contributed by atoms with E-state index in [-0.39, 0.29) is 18.0 Å². The molecular formula is C14H13BrClNO3S. The van der Waals surface area contributed by atoms with Crippen molar-refractivity contribution < 1.29 is 13.2 Å². The highest BCUT2D eigenvalue weighted by molar-refractivity contribution is 9.10. The van der Waals surface area contributed by atoms with Crippen molar-refractivity contribution in [3.8, 4) is 5.75 Å². The van der Waals surface area contributed by atoms with Gasteiger partial charge >= 0.3 is 0 Å². The van der Waals surface area contributed by atoms with E-state index in [9.17, 15) is 8.42 Å². The maximum Gasteiger partial charge on any atom is 0.240 e.